The summed E-state index contributed by atoms with van der Waals surface area (Å²) in [5, 5.41) is 0. The van der Waals surface area contributed by atoms with Gasteiger partial charge in [-0.05, 0) is 43.7 Å². The highest BCUT2D eigenvalue weighted by Crippen LogP contribution is 2.25. The van der Waals surface area contributed by atoms with E-state index in [0.717, 1.165) is 11.1 Å². The summed E-state index contributed by atoms with van der Waals surface area (Å²) in [4.78, 5) is 14.2. The molecule has 0 aromatic heterocycles. The Morgan fingerprint density at radius 1 is 1.08 bits per heavy atom. The number of carbonyl (C=O) groups is 1. The van der Waals surface area contributed by atoms with E-state index >= 15 is 0 Å². The first-order chi connectivity index (χ1) is 11.9. The van der Waals surface area contributed by atoms with Gasteiger partial charge < -0.3 is 19.1 Å². The number of carbonyl (C=O) groups excluding carboxylic acids is 1. The minimum atomic E-state index is -0.573. The van der Waals surface area contributed by atoms with Gasteiger partial charge in [0.2, 0.25) is 0 Å². The smallest absolute Gasteiger partial charge is 0.263 e. The zero-order valence-electron chi connectivity index (χ0n) is 15.4. The van der Waals surface area contributed by atoms with Gasteiger partial charge >= 0.3 is 0 Å². The van der Waals surface area contributed by atoms with Crippen LogP contribution in [-0.2, 0) is 11.3 Å². The molecule has 2 aromatic carbocycles. The van der Waals surface area contributed by atoms with Gasteiger partial charge in [0.1, 0.15) is 17.2 Å². The number of hydrogen-bond donors (Lipinski definition) is 0. The highest BCUT2D eigenvalue weighted by molar-refractivity contribution is 5.80. The molecule has 0 heterocycles. The highest BCUT2D eigenvalue weighted by Gasteiger charge is 2.20. The highest BCUT2D eigenvalue weighted by atomic mass is 16.5. The molecule has 2 aromatic rings. The van der Waals surface area contributed by atoms with Crippen LogP contribution in [-0.4, -0.2) is 38.2 Å². The Balaban J connectivity index is 2.04. The second kappa shape index (κ2) is 8.42. The average molecular weight is 343 g/mol. The molecule has 5 nitrogen and oxygen atoms in total. The molecule has 0 saturated carbocycles. The number of ether oxygens (including phenoxy) is 3. The van der Waals surface area contributed by atoms with E-state index in [4.69, 9.17) is 14.2 Å². The van der Waals surface area contributed by atoms with Crippen LogP contribution in [0.4, 0.5) is 0 Å². The molecule has 0 aliphatic heterocycles. The number of rotatable bonds is 7. The van der Waals surface area contributed by atoms with Gasteiger partial charge in [-0.15, -0.1) is 0 Å². The number of benzene rings is 2. The number of methoxy groups -OCH3 is 2. The maximum absolute atomic E-state index is 12.6. The van der Waals surface area contributed by atoms with Crippen molar-refractivity contribution in [3.63, 3.8) is 0 Å². The van der Waals surface area contributed by atoms with Crippen molar-refractivity contribution in [2.75, 3.05) is 21.3 Å². The third-order valence-electron chi connectivity index (χ3n) is 3.93. The molecule has 25 heavy (non-hydrogen) atoms. The van der Waals surface area contributed by atoms with Crippen LogP contribution in [0.2, 0.25) is 0 Å². The second-order valence-electron chi connectivity index (χ2n) is 5.95. The molecule has 0 N–H and O–H groups in total. The number of nitrogens with zero attached hydrogens (tertiary/aromatic N) is 1. The summed E-state index contributed by atoms with van der Waals surface area (Å²) in [6.45, 7) is 4.17. The quantitative estimate of drug-likeness (QED) is 0.773. The summed E-state index contributed by atoms with van der Waals surface area (Å²) in [7, 11) is 4.96. The molecule has 0 aliphatic carbocycles. The first-order valence-corrected chi connectivity index (χ1v) is 8.13. The van der Waals surface area contributed by atoms with Crippen molar-refractivity contribution in [1.82, 2.24) is 4.90 Å². The molecule has 0 bridgehead atoms. The molecule has 0 radical (unpaired) electrons. The number of aryl methyl sites for hydroxylation is 1. The molecule has 1 atom stereocenters. The zero-order chi connectivity index (χ0) is 18.4. The molecule has 2 rings (SSSR count). The topological polar surface area (TPSA) is 48.0 Å². The van der Waals surface area contributed by atoms with E-state index in [0.29, 0.717) is 23.8 Å². The Labute approximate surface area is 149 Å². The lowest BCUT2D eigenvalue weighted by Gasteiger charge is -2.23. The molecule has 5 heteroatoms. The Morgan fingerprint density at radius 3 is 2.48 bits per heavy atom. The zero-order valence-corrected chi connectivity index (χ0v) is 15.4. The van der Waals surface area contributed by atoms with E-state index in [1.165, 1.54) is 0 Å². The predicted octanol–water partition coefficient (Wildman–Crippen LogP) is 3.44. The van der Waals surface area contributed by atoms with Crippen molar-refractivity contribution in [2.45, 2.75) is 26.5 Å². The predicted molar refractivity (Wildman–Crippen MR) is 97.3 cm³/mol. The minimum absolute atomic E-state index is 0.0978. The Bertz CT molecular complexity index is 729. The largest absolute Gasteiger partial charge is 0.497 e. The van der Waals surface area contributed by atoms with Crippen molar-refractivity contribution in [2.24, 2.45) is 0 Å². The molecule has 0 spiro atoms. The van der Waals surface area contributed by atoms with E-state index in [1.807, 2.05) is 43.3 Å². The third kappa shape index (κ3) is 4.89. The summed E-state index contributed by atoms with van der Waals surface area (Å²) in [6.07, 6.45) is -0.573. The molecule has 0 fully saturated rings. The van der Waals surface area contributed by atoms with Crippen LogP contribution >= 0.6 is 0 Å². The molecule has 134 valence electrons. The summed E-state index contributed by atoms with van der Waals surface area (Å²) >= 11 is 0. The maximum Gasteiger partial charge on any atom is 0.263 e. The van der Waals surface area contributed by atoms with Gasteiger partial charge in [0.05, 0.1) is 14.2 Å². The molecule has 0 unspecified atom stereocenters. The summed E-state index contributed by atoms with van der Waals surface area (Å²) in [5.41, 5.74) is 2.00. The lowest BCUT2D eigenvalue weighted by Crippen LogP contribution is -2.37. The fourth-order valence-electron chi connectivity index (χ4n) is 2.57. The molecular formula is C20H25NO4. The standard InChI is InChI=1S/C20H25NO4/c1-14-7-6-8-18(11-14)25-15(2)20(22)21(3)13-16-9-10-17(23-4)12-19(16)24-5/h6-12,15H,13H2,1-5H3/t15-/m0/s1. The molecular weight excluding hydrogens is 318 g/mol. The van der Waals surface area contributed by atoms with Crippen LogP contribution in [0.5, 0.6) is 17.2 Å². The van der Waals surface area contributed by atoms with Crippen LogP contribution in [0.15, 0.2) is 42.5 Å². The molecule has 0 saturated heterocycles. The van der Waals surface area contributed by atoms with Gasteiger partial charge in [0, 0.05) is 25.2 Å². The monoisotopic (exact) mass is 343 g/mol. The number of hydrogen-bond acceptors (Lipinski definition) is 4. The maximum atomic E-state index is 12.6. The second-order valence-corrected chi connectivity index (χ2v) is 5.95. The van der Waals surface area contributed by atoms with E-state index < -0.39 is 6.10 Å². The van der Waals surface area contributed by atoms with Crippen molar-refractivity contribution in [3.05, 3.63) is 53.6 Å². The van der Waals surface area contributed by atoms with Gasteiger partial charge in [-0.3, -0.25) is 4.79 Å². The fraction of sp³-hybridized carbons (Fsp3) is 0.350. The van der Waals surface area contributed by atoms with E-state index in [9.17, 15) is 4.79 Å². The lowest BCUT2D eigenvalue weighted by molar-refractivity contribution is -0.137. The number of amides is 1. The summed E-state index contributed by atoms with van der Waals surface area (Å²) in [5.74, 6) is 1.99. The first kappa shape index (κ1) is 18.6. The Morgan fingerprint density at radius 2 is 1.84 bits per heavy atom. The van der Waals surface area contributed by atoms with E-state index in [2.05, 4.69) is 0 Å². The fourth-order valence-corrected chi connectivity index (χ4v) is 2.57. The van der Waals surface area contributed by atoms with Crippen LogP contribution in [0.25, 0.3) is 0 Å². The van der Waals surface area contributed by atoms with Crippen molar-refractivity contribution >= 4 is 5.91 Å². The van der Waals surface area contributed by atoms with Gasteiger partial charge in [-0.2, -0.15) is 0 Å². The molecule has 1 amide bonds. The van der Waals surface area contributed by atoms with Crippen molar-refractivity contribution < 1.29 is 19.0 Å². The Kier molecular flexibility index (Phi) is 6.28. The van der Waals surface area contributed by atoms with Crippen LogP contribution in [0.3, 0.4) is 0 Å². The normalized spacial score (nSPS) is 11.6. The van der Waals surface area contributed by atoms with E-state index in [1.54, 1.807) is 39.2 Å². The average Bonchev–Trinajstić information content (AvgIpc) is 2.61. The third-order valence-corrected chi connectivity index (χ3v) is 3.93. The van der Waals surface area contributed by atoms with Gasteiger partial charge in [-0.1, -0.05) is 12.1 Å². The first-order valence-electron chi connectivity index (χ1n) is 8.13. The van der Waals surface area contributed by atoms with Crippen molar-refractivity contribution in [3.8, 4) is 17.2 Å². The van der Waals surface area contributed by atoms with Crippen LogP contribution < -0.4 is 14.2 Å². The van der Waals surface area contributed by atoms with Crippen molar-refractivity contribution in [1.29, 1.82) is 0 Å². The minimum Gasteiger partial charge on any atom is -0.497 e. The lowest BCUT2D eigenvalue weighted by atomic mass is 10.1. The molecule has 0 aliphatic rings. The summed E-state index contributed by atoms with van der Waals surface area (Å²) in [6, 6.07) is 13.2. The van der Waals surface area contributed by atoms with Crippen LogP contribution in [0.1, 0.15) is 18.1 Å². The van der Waals surface area contributed by atoms with Crippen LogP contribution in [0, 0.1) is 6.92 Å². The van der Waals surface area contributed by atoms with Gasteiger partial charge in [-0.25, -0.2) is 0 Å². The number of likely N-dealkylation sites (N-methyl/N-ethyl adjacent to an activating group) is 1. The van der Waals surface area contributed by atoms with Gasteiger partial charge in [0.25, 0.3) is 5.91 Å². The summed E-state index contributed by atoms with van der Waals surface area (Å²) < 4.78 is 16.4. The Hall–Kier alpha value is -2.69. The SMILES string of the molecule is COc1ccc(CN(C)C(=O)[C@H](C)Oc2cccc(C)c2)c(OC)c1. The van der Waals surface area contributed by atoms with E-state index in [-0.39, 0.29) is 5.91 Å². The van der Waals surface area contributed by atoms with Gasteiger partial charge in [0.15, 0.2) is 6.10 Å².